The number of aromatic nitrogens is 7. The van der Waals surface area contributed by atoms with Gasteiger partial charge in [0.2, 0.25) is 0 Å². The van der Waals surface area contributed by atoms with Gasteiger partial charge in [-0.2, -0.15) is 20.5 Å². The summed E-state index contributed by atoms with van der Waals surface area (Å²) >= 11 is 0. The Hall–Kier alpha value is -3.62. The lowest BCUT2D eigenvalue weighted by Crippen LogP contribution is -2.25. The van der Waals surface area contributed by atoms with Crippen LogP contribution in [-0.2, 0) is 6.42 Å². The zero-order chi connectivity index (χ0) is 17.1. The van der Waals surface area contributed by atoms with E-state index in [9.17, 15) is 4.79 Å². The molecule has 0 aliphatic heterocycles. The SMILES string of the molecule is O=C(NCCc1nc(-c2cccnc2)n[nH]1)c1ccc2n[nH]nc2c1. The molecular weight excluding hydrogens is 320 g/mol. The van der Waals surface area contributed by atoms with Crippen LogP contribution in [0.15, 0.2) is 42.7 Å². The van der Waals surface area contributed by atoms with Crippen molar-refractivity contribution < 1.29 is 4.79 Å². The fourth-order valence-corrected chi connectivity index (χ4v) is 2.41. The van der Waals surface area contributed by atoms with Crippen LogP contribution in [-0.4, -0.2) is 48.0 Å². The molecule has 0 saturated heterocycles. The van der Waals surface area contributed by atoms with Crippen LogP contribution < -0.4 is 5.32 Å². The minimum atomic E-state index is -0.170. The molecule has 3 heterocycles. The molecule has 0 fully saturated rings. The van der Waals surface area contributed by atoms with Crippen LogP contribution in [0.4, 0.5) is 0 Å². The molecule has 0 unspecified atom stereocenters. The van der Waals surface area contributed by atoms with Gasteiger partial charge in [0.1, 0.15) is 16.9 Å². The zero-order valence-electron chi connectivity index (χ0n) is 13.1. The van der Waals surface area contributed by atoms with Gasteiger partial charge in [-0.3, -0.25) is 14.9 Å². The Balaban J connectivity index is 1.36. The van der Waals surface area contributed by atoms with Gasteiger partial charge in [-0.1, -0.05) is 0 Å². The van der Waals surface area contributed by atoms with E-state index < -0.39 is 0 Å². The number of carbonyl (C=O) groups excluding carboxylic acids is 1. The van der Waals surface area contributed by atoms with Crippen molar-refractivity contribution in [1.82, 2.24) is 40.9 Å². The lowest BCUT2D eigenvalue weighted by Gasteiger charge is -2.03. The van der Waals surface area contributed by atoms with Crippen molar-refractivity contribution in [2.75, 3.05) is 6.54 Å². The molecule has 124 valence electrons. The molecule has 0 radical (unpaired) electrons. The molecule has 4 rings (SSSR count). The highest BCUT2D eigenvalue weighted by Gasteiger charge is 2.09. The van der Waals surface area contributed by atoms with Crippen molar-refractivity contribution in [3.8, 4) is 11.4 Å². The standard InChI is InChI=1S/C16H14N8O/c25-16(10-3-4-12-13(8-10)21-24-20-12)18-7-5-14-19-15(23-22-14)11-2-1-6-17-9-11/h1-4,6,8-9H,5,7H2,(H,18,25)(H,19,22,23)(H,20,21,24). The molecule has 9 nitrogen and oxygen atoms in total. The Kier molecular flexibility index (Phi) is 3.87. The first-order chi connectivity index (χ1) is 12.3. The molecule has 25 heavy (non-hydrogen) atoms. The fourth-order valence-electron chi connectivity index (χ4n) is 2.41. The van der Waals surface area contributed by atoms with Crippen molar-refractivity contribution in [1.29, 1.82) is 0 Å². The molecule has 0 atom stereocenters. The van der Waals surface area contributed by atoms with Crippen LogP contribution in [0.25, 0.3) is 22.4 Å². The smallest absolute Gasteiger partial charge is 0.251 e. The van der Waals surface area contributed by atoms with Crippen LogP contribution in [0, 0.1) is 0 Å². The molecule has 0 saturated carbocycles. The average molecular weight is 334 g/mol. The summed E-state index contributed by atoms with van der Waals surface area (Å²) in [4.78, 5) is 20.7. The van der Waals surface area contributed by atoms with Crippen molar-refractivity contribution >= 4 is 16.9 Å². The number of fused-ring (bicyclic) bond motifs is 1. The Labute approximate surface area is 141 Å². The number of hydrogen-bond donors (Lipinski definition) is 3. The minimum absolute atomic E-state index is 0.170. The van der Waals surface area contributed by atoms with Crippen LogP contribution in [0.3, 0.4) is 0 Å². The number of nitrogens with zero attached hydrogens (tertiary/aromatic N) is 5. The highest BCUT2D eigenvalue weighted by molar-refractivity contribution is 5.97. The first-order valence-corrected chi connectivity index (χ1v) is 7.70. The second-order valence-electron chi connectivity index (χ2n) is 5.38. The lowest BCUT2D eigenvalue weighted by molar-refractivity contribution is 0.0954. The van der Waals surface area contributed by atoms with E-state index in [0.717, 1.165) is 11.1 Å². The minimum Gasteiger partial charge on any atom is -0.352 e. The van der Waals surface area contributed by atoms with Gasteiger partial charge in [0.25, 0.3) is 5.91 Å². The lowest BCUT2D eigenvalue weighted by atomic mass is 10.2. The molecule has 0 aliphatic rings. The molecule has 1 amide bonds. The molecule has 3 N–H and O–H groups in total. The number of nitrogens with one attached hydrogen (secondary N) is 3. The van der Waals surface area contributed by atoms with Gasteiger partial charge < -0.3 is 5.32 Å². The van der Waals surface area contributed by atoms with Gasteiger partial charge in [-0.25, -0.2) is 4.98 Å². The Bertz CT molecular complexity index is 1010. The zero-order valence-corrected chi connectivity index (χ0v) is 13.1. The van der Waals surface area contributed by atoms with E-state index in [1.165, 1.54) is 0 Å². The van der Waals surface area contributed by atoms with E-state index >= 15 is 0 Å². The number of carbonyl (C=O) groups is 1. The van der Waals surface area contributed by atoms with Crippen molar-refractivity contribution in [2.24, 2.45) is 0 Å². The number of rotatable bonds is 5. The normalized spacial score (nSPS) is 10.9. The molecule has 1 aromatic carbocycles. The third kappa shape index (κ3) is 3.20. The highest BCUT2D eigenvalue weighted by Crippen LogP contribution is 2.12. The number of hydrogen-bond acceptors (Lipinski definition) is 6. The Morgan fingerprint density at radius 1 is 1.12 bits per heavy atom. The average Bonchev–Trinajstić information content (AvgIpc) is 3.31. The summed E-state index contributed by atoms with van der Waals surface area (Å²) in [5.74, 6) is 1.12. The summed E-state index contributed by atoms with van der Waals surface area (Å²) in [5, 5.41) is 20.4. The van der Waals surface area contributed by atoms with Gasteiger partial charge in [-0.05, 0) is 30.3 Å². The van der Waals surface area contributed by atoms with Gasteiger partial charge in [0.05, 0.1) is 0 Å². The second-order valence-corrected chi connectivity index (χ2v) is 5.38. The highest BCUT2D eigenvalue weighted by atomic mass is 16.1. The van der Waals surface area contributed by atoms with Crippen molar-refractivity contribution in [2.45, 2.75) is 6.42 Å². The van der Waals surface area contributed by atoms with Gasteiger partial charge in [-0.15, -0.1) is 0 Å². The number of H-pyrrole nitrogens is 2. The molecule has 0 spiro atoms. The maximum atomic E-state index is 12.2. The number of aromatic amines is 2. The number of amides is 1. The second kappa shape index (κ2) is 6.48. The van der Waals surface area contributed by atoms with Crippen molar-refractivity contribution in [3.63, 3.8) is 0 Å². The summed E-state index contributed by atoms with van der Waals surface area (Å²) in [6.45, 7) is 0.442. The van der Waals surface area contributed by atoms with Gasteiger partial charge in [0.15, 0.2) is 5.82 Å². The summed E-state index contributed by atoms with van der Waals surface area (Å²) in [5.41, 5.74) is 2.76. The number of pyridine rings is 1. The predicted octanol–water partition coefficient (Wildman–Crippen LogP) is 1.11. The van der Waals surface area contributed by atoms with Crippen LogP contribution in [0.2, 0.25) is 0 Å². The molecule has 0 bridgehead atoms. The Morgan fingerprint density at radius 3 is 2.92 bits per heavy atom. The van der Waals surface area contributed by atoms with Gasteiger partial charge in [0, 0.05) is 36.5 Å². The van der Waals surface area contributed by atoms with Crippen molar-refractivity contribution in [3.05, 3.63) is 54.1 Å². The maximum absolute atomic E-state index is 12.2. The summed E-state index contributed by atoms with van der Waals surface area (Å²) < 4.78 is 0. The van der Waals surface area contributed by atoms with E-state index in [1.54, 1.807) is 30.6 Å². The van der Waals surface area contributed by atoms with Crippen LogP contribution in [0.1, 0.15) is 16.2 Å². The summed E-state index contributed by atoms with van der Waals surface area (Å²) in [6.07, 6.45) is 3.95. The first kappa shape index (κ1) is 14.9. The van der Waals surface area contributed by atoms with E-state index in [0.29, 0.717) is 35.7 Å². The number of benzene rings is 1. The third-order valence-corrected chi connectivity index (χ3v) is 3.68. The van der Waals surface area contributed by atoms with Gasteiger partial charge >= 0.3 is 0 Å². The fraction of sp³-hybridized carbons (Fsp3) is 0.125. The van der Waals surface area contributed by atoms with E-state index in [2.05, 4.69) is 40.9 Å². The van der Waals surface area contributed by atoms with Crippen LogP contribution >= 0.6 is 0 Å². The third-order valence-electron chi connectivity index (χ3n) is 3.68. The molecule has 9 heteroatoms. The molecule has 0 aliphatic carbocycles. The van der Waals surface area contributed by atoms with E-state index in [4.69, 9.17) is 0 Å². The molecule has 3 aromatic heterocycles. The quantitative estimate of drug-likeness (QED) is 0.502. The predicted molar refractivity (Wildman–Crippen MR) is 89.5 cm³/mol. The monoisotopic (exact) mass is 334 g/mol. The molecular formula is C16H14N8O. The summed E-state index contributed by atoms with van der Waals surface area (Å²) in [7, 11) is 0. The van der Waals surface area contributed by atoms with Crippen LogP contribution in [0.5, 0.6) is 0 Å². The first-order valence-electron chi connectivity index (χ1n) is 7.70. The van der Waals surface area contributed by atoms with E-state index in [-0.39, 0.29) is 5.91 Å². The Morgan fingerprint density at radius 2 is 2.04 bits per heavy atom. The molecule has 4 aromatic rings. The topological polar surface area (TPSA) is 125 Å². The summed E-state index contributed by atoms with van der Waals surface area (Å²) in [6, 6.07) is 8.89. The van der Waals surface area contributed by atoms with E-state index in [1.807, 2.05) is 12.1 Å². The largest absolute Gasteiger partial charge is 0.352 e. The maximum Gasteiger partial charge on any atom is 0.251 e.